The largest absolute Gasteiger partial charge is 0.497 e. The van der Waals surface area contributed by atoms with Crippen LogP contribution in [0.5, 0.6) is 5.75 Å². The number of carbonyl (C=O) groups is 1. The lowest BCUT2D eigenvalue weighted by Gasteiger charge is -2.02. The van der Waals surface area contributed by atoms with Crippen LogP contribution in [0.3, 0.4) is 0 Å². The van der Waals surface area contributed by atoms with Crippen LogP contribution in [-0.4, -0.2) is 23.0 Å². The summed E-state index contributed by atoms with van der Waals surface area (Å²) in [6.07, 6.45) is 0. The van der Waals surface area contributed by atoms with E-state index in [1.165, 1.54) is 11.3 Å². The highest BCUT2D eigenvalue weighted by molar-refractivity contribution is 7.16. The van der Waals surface area contributed by atoms with Crippen LogP contribution in [-0.2, 0) is 0 Å². The number of oxazole rings is 1. The van der Waals surface area contributed by atoms with Crippen LogP contribution in [0.1, 0.15) is 21.1 Å². The predicted octanol–water partition coefficient (Wildman–Crippen LogP) is 5.34. The second-order valence-corrected chi connectivity index (χ2v) is 7.60. The molecule has 0 aliphatic rings. The molecule has 0 saturated carbocycles. The zero-order valence-electron chi connectivity index (χ0n) is 16.2. The van der Waals surface area contributed by atoms with E-state index in [1.807, 2.05) is 61.5 Å². The first kappa shape index (κ1) is 18.9. The highest BCUT2D eigenvalue weighted by Crippen LogP contribution is 2.32. The summed E-state index contributed by atoms with van der Waals surface area (Å²) in [5, 5.41) is 3.35. The van der Waals surface area contributed by atoms with Gasteiger partial charge in [-0.3, -0.25) is 10.1 Å². The van der Waals surface area contributed by atoms with Gasteiger partial charge in [0.25, 0.3) is 5.91 Å². The monoisotopic (exact) mass is 405 g/mol. The van der Waals surface area contributed by atoms with Gasteiger partial charge in [-0.2, -0.15) is 0 Å². The van der Waals surface area contributed by atoms with Gasteiger partial charge in [0, 0.05) is 16.0 Å². The number of hydrogen-bond acceptors (Lipinski definition) is 6. The molecule has 2 heterocycles. The normalized spacial score (nSPS) is 10.7. The molecular formula is C22H19N3O3S. The third-order valence-electron chi connectivity index (χ3n) is 4.41. The molecule has 1 amide bonds. The second kappa shape index (κ2) is 7.89. The molecule has 0 radical (unpaired) electrons. The first-order valence-electron chi connectivity index (χ1n) is 9.01. The Morgan fingerprint density at radius 2 is 1.72 bits per heavy atom. The van der Waals surface area contributed by atoms with Crippen molar-refractivity contribution in [2.75, 3.05) is 12.4 Å². The summed E-state index contributed by atoms with van der Waals surface area (Å²) in [5.74, 6) is 1.32. The molecule has 0 unspecified atom stereocenters. The Bertz CT molecular complexity index is 1150. The van der Waals surface area contributed by atoms with Gasteiger partial charge >= 0.3 is 0 Å². The van der Waals surface area contributed by atoms with Gasteiger partial charge in [-0.1, -0.05) is 18.2 Å². The molecule has 1 N–H and O–H groups in total. The Morgan fingerprint density at radius 1 is 1.00 bits per heavy atom. The molecular weight excluding hydrogens is 386 g/mol. The van der Waals surface area contributed by atoms with E-state index in [-0.39, 0.29) is 11.6 Å². The third kappa shape index (κ3) is 3.90. The molecule has 4 rings (SSSR count). The molecule has 2 aromatic carbocycles. The average molecular weight is 405 g/mol. The summed E-state index contributed by atoms with van der Waals surface area (Å²) in [6, 6.07) is 17.1. The number of aromatic nitrogens is 2. The zero-order valence-corrected chi connectivity index (χ0v) is 17.0. The number of aryl methyl sites for hydroxylation is 2. The number of methoxy groups -OCH3 is 1. The van der Waals surface area contributed by atoms with E-state index < -0.39 is 0 Å². The van der Waals surface area contributed by atoms with Crippen LogP contribution in [0.4, 0.5) is 5.13 Å². The maximum absolute atomic E-state index is 12.7. The Labute approximate surface area is 172 Å². The van der Waals surface area contributed by atoms with Gasteiger partial charge in [-0.25, -0.2) is 9.97 Å². The molecule has 0 bridgehead atoms. The summed E-state index contributed by atoms with van der Waals surface area (Å²) in [5.41, 5.74) is 2.86. The lowest BCUT2D eigenvalue weighted by Crippen LogP contribution is -2.13. The van der Waals surface area contributed by atoms with E-state index in [0.29, 0.717) is 16.8 Å². The minimum atomic E-state index is -0.344. The first-order chi connectivity index (χ1) is 14.0. The van der Waals surface area contributed by atoms with Crippen LogP contribution in [0.25, 0.3) is 22.7 Å². The fraction of sp³-hybridized carbons (Fsp3) is 0.136. The Kier molecular flexibility index (Phi) is 5.14. The van der Waals surface area contributed by atoms with Gasteiger partial charge in [0.1, 0.15) is 11.5 Å². The van der Waals surface area contributed by atoms with E-state index in [9.17, 15) is 4.79 Å². The molecule has 0 fully saturated rings. The van der Waals surface area contributed by atoms with Crippen LogP contribution in [0.15, 0.2) is 59.0 Å². The fourth-order valence-electron chi connectivity index (χ4n) is 2.93. The van der Waals surface area contributed by atoms with Crippen molar-refractivity contribution in [2.45, 2.75) is 13.8 Å². The fourth-order valence-corrected chi connectivity index (χ4v) is 3.77. The van der Waals surface area contributed by atoms with Crippen LogP contribution in [0, 0.1) is 13.8 Å². The van der Waals surface area contributed by atoms with Gasteiger partial charge in [-0.15, -0.1) is 11.3 Å². The molecule has 0 aliphatic heterocycles. The van der Waals surface area contributed by atoms with Crippen LogP contribution < -0.4 is 10.1 Å². The average Bonchev–Trinajstić information content (AvgIpc) is 3.31. The second-order valence-electron chi connectivity index (χ2n) is 6.40. The van der Waals surface area contributed by atoms with Crippen molar-refractivity contribution in [1.82, 2.24) is 9.97 Å². The van der Waals surface area contributed by atoms with Crippen molar-refractivity contribution in [3.05, 3.63) is 70.9 Å². The number of carbonyl (C=O) groups excluding carboxylic acids is 1. The molecule has 0 atom stereocenters. The highest BCUT2D eigenvalue weighted by Gasteiger charge is 2.20. The summed E-state index contributed by atoms with van der Waals surface area (Å²) in [6.45, 7) is 3.70. The van der Waals surface area contributed by atoms with E-state index in [2.05, 4.69) is 15.3 Å². The number of thiazole rings is 1. The summed E-state index contributed by atoms with van der Waals surface area (Å²) < 4.78 is 10.9. The molecule has 2 aromatic heterocycles. The first-order valence-corrected chi connectivity index (χ1v) is 9.83. The number of amides is 1. The van der Waals surface area contributed by atoms with Crippen molar-refractivity contribution in [2.24, 2.45) is 0 Å². The van der Waals surface area contributed by atoms with Crippen molar-refractivity contribution >= 4 is 22.4 Å². The highest BCUT2D eigenvalue weighted by atomic mass is 32.1. The summed E-state index contributed by atoms with van der Waals surface area (Å²) in [4.78, 5) is 22.7. The number of ether oxygens (including phenoxy) is 1. The maximum atomic E-state index is 12.7. The van der Waals surface area contributed by atoms with Crippen molar-refractivity contribution < 1.29 is 13.9 Å². The Balaban J connectivity index is 1.55. The van der Waals surface area contributed by atoms with Gasteiger partial charge in [-0.05, 0) is 50.2 Å². The molecule has 4 aromatic rings. The third-order valence-corrected chi connectivity index (χ3v) is 5.30. The molecule has 6 nitrogen and oxygen atoms in total. The van der Waals surface area contributed by atoms with Crippen molar-refractivity contribution in [1.29, 1.82) is 0 Å². The smallest absolute Gasteiger partial charge is 0.279 e. The summed E-state index contributed by atoms with van der Waals surface area (Å²) >= 11 is 1.42. The van der Waals surface area contributed by atoms with E-state index in [1.54, 1.807) is 14.0 Å². The minimum absolute atomic E-state index is 0.253. The van der Waals surface area contributed by atoms with Crippen LogP contribution in [0.2, 0.25) is 0 Å². The van der Waals surface area contributed by atoms with Gasteiger partial charge in [0.05, 0.1) is 12.8 Å². The Morgan fingerprint density at radius 3 is 2.41 bits per heavy atom. The van der Waals surface area contributed by atoms with Crippen molar-refractivity contribution in [3.8, 4) is 28.5 Å². The standard InChI is InChI=1S/C22H19N3O3S/c1-13-18(23-21(28-13)16-7-5-4-6-8-16)20(26)25-22-24-19(14(2)29-22)15-9-11-17(27-3)12-10-15/h4-12H,1-3H3,(H,24,25,26). The SMILES string of the molecule is COc1ccc(-c2nc(NC(=O)c3nc(-c4ccccc4)oc3C)sc2C)cc1. The quantitative estimate of drug-likeness (QED) is 0.485. The molecule has 146 valence electrons. The topological polar surface area (TPSA) is 77.2 Å². The predicted molar refractivity (Wildman–Crippen MR) is 113 cm³/mol. The number of rotatable bonds is 5. The van der Waals surface area contributed by atoms with E-state index in [4.69, 9.17) is 9.15 Å². The lowest BCUT2D eigenvalue weighted by molar-refractivity contribution is 0.102. The summed E-state index contributed by atoms with van der Waals surface area (Å²) in [7, 11) is 1.63. The van der Waals surface area contributed by atoms with Gasteiger partial charge in [0.15, 0.2) is 10.8 Å². The molecule has 0 spiro atoms. The number of benzene rings is 2. The molecule has 0 aliphatic carbocycles. The zero-order chi connectivity index (χ0) is 20.4. The molecule has 29 heavy (non-hydrogen) atoms. The maximum Gasteiger partial charge on any atom is 0.279 e. The Hall–Kier alpha value is -3.45. The van der Waals surface area contributed by atoms with E-state index in [0.717, 1.165) is 27.4 Å². The number of nitrogens with one attached hydrogen (secondary N) is 1. The molecule has 7 heteroatoms. The number of nitrogens with zero attached hydrogens (tertiary/aromatic N) is 2. The number of hydrogen-bond donors (Lipinski definition) is 1. The lowest BCUT2D eigenvalue weighted by atomic mass is 10.1. The number of anilines is 1. The minimum Gasteiger partial charge on any atom is -0.497 e. The van der Waals surface area contributed by atoms with Crippen molar-refractivity contribution in [3.63, 3.8) is 0 Å². The van der Waals surface area contributed by atoms with E-state index >= 15 is 0 Å². The van der Waals surface area contributed by atoms with Gasteiger partial charge < -0.3 is 9.15 Å². The van der Waals surface area contributed by atoms with Gasteiger partial charge in [0.2, 0.25) is 5.89 Å². The van der Waals surface area contributed by atoms with Crippen LogP contribution >= 0.6 is 11.3 Å². The molecule has 0 saturated heterocycles.